The molecule has 0 aromatic heterocycles. The van der Waals surface area contributed by atoms with Crippen molar-refractivity contribution in [2.75, 3.05) is 13.6 Å². The number of hydrogen-bond donors (Lipinski definition) is 3. The van der Waals surface area contributed by atoms with Crippen molar-refractivity contribution in [3.05, 3.63) is 71.0 Å². The second-order valence-electron chi connectivity index (χ2n) is 5.45. The van der Waals surface area contributed by atoms with Crippen molar-refractivity contribution in [1.29, 1.82) is 0 Å². The summed E-state index contributed by atoms with van der Waals surface area (Å²) in [5.74, 6) is 0.286. The van der Waals surface area contributed by atoms with Gasteiger partial charge in [-0.05, 0) is 42.3 Å². The number of guanidine groups is 1. The molecule has 5 nitrogen and oxygen atoms in total. The van der Waals surface area contributed by atoms with Crippen LogP contribution in [0.5, 0.6) is 0 Å². The number of rotatable bonds is 6. The van der Waals surface area contributed by atoms with E-state index in [0.717, 1.165) is 17.7 Å². The molecule has 0 radical (unpaired) electrons. The summed E-state index contributed by atoms with van der Waals surface area (Å²) < 4.78 is 13.2. The quantitative estimate of drug-likeness (QED) is 0.558. The highest BCUT2D eigenvalue weighted by Gasteiger charge is 2.03. The summed E-state index contributed by atoms with van der Waals surface area (Å²) in [5, 5.41) is 8.98. The number of amides is 1. The molecule has 2 aromatic carbocycles. The van der Waals surface area contributed by atoms with Crippen LogP contribution in [-0.4, -0.2) is 25.5 Å². The summed E-state index contributed by atoms with van der Waals surface area (Å²) in [7, 11) is 1.61. The lowest BCUT2D eigenvalue weighted by atomic mass is 10.1. The van der Waals surface area contributed by atoms with E-state index in [1.54, 1.807) is 25.2 Å². The Morgan fingerprint density at radius 3 is 2.48 bits per heavy atom. The van der Waals surface area contributed by atoms with E-state index in [2.05, 4.69) is 20.9 Å². The van der Waals surface area contributed by atoms with Gasteiger partial charge in [0.15, 0.2) is 5.96 Å². The Morgan fingerprint density at radius 1 is 1.08 bits per heavy atom. The van der Waals surface area contributed by atoms with Crippen molar-refractivity contribution in [3.8, 4) is 0 Å². The first kappa shape index (κ1) is 18.4. The van der Waals surface area contributed by atoms with Crippen LogP contribution in [-0.2, 0) is 13.1 Å². The van der Waals surface area contributed by atoms with Crippen molar-refractivity contribution < 1.29 is 9.18 Å². The van der Waals surface area contributed by atoms with Gasteiger partial charge in [-0.15, -0.1) is 0 Å². The topological polar surface area (TPSA) is 65.5 Å². The molecule has 0 heterocycles. The van der Waals surface area contributed by atoms with E-state index in [0.29, 0.717) is 24.6 Å². The molecule has 2 aromatic rings. The van der Waals surface area contributed by atoms with Crippen LogP contribution in [0.1, 0.15) is 28.4 Å². The minimum atomic E-state index is -0.262. The first-order valence-electron chi connectivity index (χ1n) is 8.20. The fourth-order valence-corrected chi connectivity index (χ4v) is 2.25. The smallest absolute Gasteiger partial charge is 0.251 e. The van der Waals surface area contributed by atoms with Gasteiger partial charge in [0.2, 0.25) is 0 Å². The molecule has 0 spiro atoms. The summed E-state index contributed by atoms with van der Waals surface area (Å²) in [6.07, 6.45) is 0. The van der Waals surface area contributed by atoms with E-state index < -0.39 is 0 Å². The molecule has 0 atom stereocenters. The summed E-state index contributed by atoms with van der Waals surface area (Å²) in [4.78, 5) is 16.0. The Labute approximate surface area is 147 Å². The predicted octanol–water partition coefficient (Wildman–Crippen LogP) is 2.44. The maximum Gasteiger partial charge on any atom is 0.251 e. The molecular formula is C19H23FN4O. The molecule has 25 heavy (non-hydrogen) atoms. The Hall–Kier alpha value is -2.89. The van der Waals surface area contributed by atoms with Crippen molar-refractivity contribution in [2.24, 2.45) is 4.99 Å². The van der Waals surface area contributed by atoms with Crippen LogP contribution in [0.4, 0.5) is 4.39 Å². The summed E-state index contributed by atoms with van der Waals surface area (Å²) in [5.41, 5.74) is 2.47. The van der Waals surface area contributed by atoms with Gasteiger partial charge in [0, 0.05) is 25.7 Å². The molecule has 0 fully saturated rings. The molecular weight excluding hydrogens is 319 g/mol. The molecule has 0 aliphatic heterocycles. The van der Waals surface area contributed by atoms with Gasteiger partial charge in [-0.25, -0.2) is 9.38 Å². The highest BCUT2D eigenvalue weighted by molar-refractivity contribution is 5.93. The van der Waals surface area contributed by atoms with E-state index >= 15 is 0 Å². The molecule has 0 aliphatic carbocycles. The maximum atomic E-state index is 13.2. The Kier molecular flexibility index (Phi) is 6.95. The van der Waals surface area contributed by atoms with Crippen molar-refractivity contribution in [2.45, 2.75) is 20.0 Å². The second kappa shape index (κ2) is 9.42. The number of hydrogen-bond acceptors (Lipinski definition) is 2. The van der Waals surface area contributed by atoms with Crippen LogP contribution in [0, 0.1) is 5.82 Å². The molecule has 3 N–H and O–H groups in total. The number of benzene rings is 2. The van der Waals surface area contributed by atoms with Gasteiger partial charge >= 0.3 is 0 Å². The number of carbonyl (C=O) groups is 1. The monoisotopic (exact) mass is 342 g/mol. The zero-order valence-electron chi connectivity index (χ0n) is 14.5. The normalized spacial score (nSPS) is 11.1. The summed E-state index contributed by atoms with van der Waals surface area (Å²) in [6.45, 7) is 3.67. The number of nitrogens with one attached hydrogen (secondary N) is 3. The van der Waals surface area contributed by atoms with E-state index in [1.165, 1.54) is 12.1 Å². The Morgan fingerprint density at radius 2 is 1.84 bits per heavy atom. The van der Waals surface area contributed by atoms with Crippen molar-refractivity contribution in [3.63, 3.8) is 0 Å². The largest absolute Gasteiger partial charge is 0.357 e. The van der Waals surface area contributed by atoms with E-state index in [-0.39, 0.29) is 11.7 Å². The summed E-state index contributed by atoms with van der Waals surface area (Å²) in [6, 6.07) is 13.8. The number of halogens is 1. The van der Waals surface area contributed by atoms with Crippen LogP contribution in [0.15, 0.2) is 53.5 Å². The lowest BCUT2D eigenvalue weighted by molar-refractivity contribution is 0.0963. The first-order chi connectivity index (χ1) is 12.1. The van der Waals surface area contributed by atoms with E-state index in [9.17, 15) is 9.18 Å². The zero-order chi connectivity index (χ0) is 18.1. The molecule has 0 unspecified atom stereocenters. The van der Waals surface area contributed by atoms with Gasteiger partial charge in [0.25, 0.3) is 5.91 Å². The zero-order valence-corrected chi connectivity index (χ0v) is 14.5. The fraction of sp³-hybridized carbons (Fsp3) is 0.263. The van der Waals surface area contributed by atoms with Gasteiger partial charge in [-0.3, -0.25) is 4.79 Å². The van der Waals surface area contributed by atoms with Gasteiger partial charge in [-0.1, -0.05) is 24.3 Å². The molecule has 0 aliphatic rings. The van der Waals surface area contributed by atoms with Crippen LogP contribution in [0.2, 0.25) is 0 Å². The van der Waals surface area contributed by atoms with Crippen molar-refractivity contribution >= 4 is 11.9 Å². The maximum absolute atomic E-state index is 13.2. The second-order valence-corrected chi connectivity index (χ2v) is 5.45. The van der Waals surface area contributed by atoms with Gasteiger partial charge < -0.3 is 16.0 Å². The van der Waals surface area contributed by atoms with Gasteiger partial charge in [0.1, 0.15) is 5.82 Å². The van der Waals surface area contributed by atoms with Crippen LogP contribution in [0.3, 0.4) is 0 Å². The Balaban J connectivity index is 1.96. The Bertz CT molecular complexity index is 728. The van der Waals surface area contributed by atoms with Crippen LogP contribution >= 0.6 is 0 Å². The average Bonchev–Trinajstić information content (AvgIpc) is 2.64. The predicted molar refractivity (Wildman–Crippen MR) is 97.9 cm³/mol. The average molecular weight is 342 g/mol. The van der Waals surface area contributed by atoms with Crippen molar-refractivity contribution in [1.82, 2.24) is 16.0 Å². The molecule has 0 bridgehead atoms. The molecule has 6 heteroatoms. The highest BCUT2D eigenvalue weighted by atomic mass is 19.1. The van der Waals surface area contributed by atoms with E-state index in [4.69, 9.17) is 0 Å². The number of carbonyl (C=O) groups excluding carboxylic acids is 1. The standard InChI is InChI=1S/C19H23FN4O/c1-3-22-19(24-13-15-5-4-6-17(20)11-15)23-12-14-7-9-16(10-8-14)18(25)21-2/h4-11H,3,12-13H2,1-2H3,(H,21,25)(H2,22,23,24). The molecule has 1 amide bonds. The minimum absolute atomic E-state index is 0.107. The number of nitrogens with zero attached hydrogens (tertiary/aromatic N) is 1. The lowest BCUT2D eigenvalue weighted by Gasteiger charge is -2.12. The fourth-order valence-electron chi connectivity index (χ4n) is 2.25. The van der Waals surface area contributed by atoms with E-state index in [1.807, 2.05) is 25.1 Å². The van der Waals surface area contributed by atoms with Gasteiger partial charge in [0.05, 0.1) is 6.54 Å². The van der Waals surface area contributed by atoms with Gasteiger partial charge in [-0.2, -0.15) is 0 Å². The lowest BCUT2D eigenvalue weighted by Crippen LogP contribution is -2.36. The third-order valence-corrected chi connectivity index (χ3v) is 3.56. The third-order valence-electron chi connectivity index (χ3n) is 3.56. The molecule has 0 saturated carbocycles. The summed E-state index contributed by atoms with van der Waals surface area (Å²) >= 11 is 0. The highest BCUT2D eigenvalue weighted by Crippen LogP contribution is 2.06. The molecule has 132 valence electrons. The number of aliphatic imine (C=N–C) groups is 1. The SMILES string of the molecule is CCNC(=NCc1cccc(F)c1)NCc1ccc(C(=O)NC)cc1. The molecule has 0 saturated heterocycles. The van der Waals surface area contributed by atoms with Crippen LogP contribution in [0.25, 0.3) is 0 Å². The van der Waals surface area contributed by atoms with Crippen LogP contribution < -0.4 is 16.0 Å². The first-order valence-corrected chi connectivity index (χ1v) is 8.20. The molecule has 2 rings (SSSR count). The minimum Gasteiger partial charge on any atom is -0.357 e. The third kappa shape index (κ3) is 5.91.